The van der Waals surface area contributed by atoms with Crippen molar-refractivity contribution < 1.29 is 9.90 Å². The van der Waals surface area contributed by atoms with Crippen molar-refractivity contribution in [3.63, 3.8) is 0 Å². The summed E-state index contributed by atoms with van der Waals surface area (Å²) in [6.07, 6.45) is 0. The van der Waals surface area contributed by atoms with E-state index in [2.05, 4.69) is 10.6 Å². The quantitative estimate of drug-likeness (QED) is 0.809. The lowest BCUT2D eigenvalue weighted by Gasteiger charge is -2.18. The highest BCUT2D eigenvalue weighted by Gasteiger charge is 2.15. The van der Waals surface area contributed by atoms with Crippen molar-refractivity contribution >= 4 is 22.4 Å². The largest absolute Gasteiger partial charge is 0.386 e. The van der Waals surface area contributed by atoms with Crippen LogP contribution in [0.2, 0.25) is 0 Å². The first kappa shape index (κ1) is 14.6. The van der Waals surface area contributed by atoms with Crippen molar-refractivity contribution in [3.05, 3.63) is 52.9 Å². The average Bonchev–Trinajstić information content (AvgIpc) is 2.88. The fraction of sp³-hybridized carbons (Fsp3) is 0.267. The number of thiophene rings is 1. The van der Waals surface area contributed by atoms with Gasteiger partial charge in [0, 0.05) is 6.54 Å². The highest BCUT2D eigenvalue weighted by Crippen LogP contribution is 2.19. The Morgan fingerprint density at radius 2 is 1.95 bits per heavy atom. The van der Waals surface area contributed by atoms with Crippen molar-refractivity contribution in [3.8, 4) is 0 Å². The van der Waals surface area contributed by atoms with Gasteiger partial charge in [0.2, 0.25) is 0 Å². The first-order valence-corrected chi connectivity index (χ1v) is 7.23. The minimum Gasteiger partial charge on any atom is -0.386 e. The maximum Gasteiger partial charge on any atom is 0.320 e. The number of benzene rings is 1. The Bertz CT molecular complexity index is 557. The summed E-state index contributed by atoms with van der Waals surface area (Å²) >= 11 is 1.48. The molecule has 2 rings (SSSR count). The molecule has 0 atom stereocenters. The summed E-state index contributed by atoms with van der Waals surface area (Å²) in [6.45, 7) is 3.94. The Morgan fingerprint density at radius 1 is 1.25 bits per heavy atom. The Balaban J connectivity index is 1.86. The molecule has 0 unspecified atom stereocenters. The van der Waals surface area contributed by atoms with Gasteiger partial charge in [0.05, 0.1) is 10.6 Å². The van der Waals surface area contributed by atoms with Crippen molar-refractivity contribution in [1.29, 1.82) is 0 Å². The molecule has 1 aromatic carbocycles. The van der Waals surface area contributed by atoms with E-state index in [-0.39, 0.29) is 6.03 Å². The number of nitrogens with one attached hydrogen (secondary N) is 2. The number of carbonyl (C=O) groups is 1. The Hall–Kier alpha value is -1.85. The van der Waals surface area contributed by atoms with E-state index in [1.54, 1.807) is 13.8 Å². The zero-order valence-electron chi connectivity index (χ0n) is 11.5. The number of carbonyl (C=O) groups excluding carboxylic acids is 1. The van der Waals surface area contributed by atoms with Gasteiger partial charge < -0.3 is 10.4 Å². The van der Waals surface area contributed by atoms with Crippen LogP contribution in [0, 0.1) is 0 Å². The molecule has 4 nitrogen and oxygen atoms in total. The van der Waals surface area contributed by atoms with Crippen LogP contribution in [0.15, 0.2) is 41.8 Å². The molecule has 5 heteroatoms. The predicted octanol–water partition coefficient (Wildman–Crippen LogP) is 3.30. The summed E-state index contributed by atoms with van der Waals surface area (Å²) in [5.41, 5.74) is 0.992. The fourth-order valence-corrected chi connectivity index (χ4v) is 2.33. The smallest absolute Gasteiger partial charge is 0.320 e. The first-order chi connectivity index (χ1) is 9.45. The van der Waals surface area contributed by atoms with Gasteiger partial charge in [-0.2, -0.15) is 0 Å². The van der Waals surface area contributed by atoms with Gasteiger partial charge in [0.1, 0.15) is 0 Å². The van der Waals surface area contributed by atoms with Crippen molar-refractivity contribution in [1.82, 2.24) is 5.32 Å². The van der Waals surface area contributed by atoms with Crippen LogP contribution in [0.4, 0.5) is 9.80 Å². The third-order valence-electron chi connectivity index (χ3n) is 2.87. The Kier molecular flexibility index (Phi) is 4.42. The average molecular weight is 290 g/mol. The second-order valence-corrected chi connectivity index (χ2v) is 5.99. The monoisotopic (exact) mass is 290 g/mol. The molecule has 0 spiro atoms. The molecule has 3 N–H and O–H groups in total. The van der Waals surface area contributed by atoms with Crippen LogP contribution in [-0.4, -0.2) is 11.1 Å². The Morgan fingerprint density at radius 3 is 2.50 bits per heavy atom. The first-order valence-electron chi connectivity index (χ1n) is 6.35. The van der Waals surface area contributed by atoms with Gasteiger partial charge in [-0.3, -0.25) is 5.32 Å². The summed E-state index contributed by atoms with van der Waals surface area (Å²) in [6, 6.07) is 11.1. The number of rotatable bonds is 4. The molecule has 20 heavy (non-hydrogen) atoms. The van der Waals surface area contributed by atoms with Gasteiger partial charge in [-0.15, -0.1) is 11.3 Å². The number of hydrogen-bond acceptors (Lipinski definition) is 3. The van der Waals surface area contributed by atoms with E-state index in [1.165, 1.54) is 11.3 Å². The lowest BCUT2D eigenvalue weighted by atomic mass is 9.97. The van der Waals surface area contributed by atoms with E-state index in [0.717, 1.165) is 16.1 Å². The predicted molar refractivity (Wildman–Crippen MR) is 81.9 cm³/mol. The van der Waals surface area contributed by atoms with E-state index in [1.807, 2.05) is 41.8 Å². The van der Waals surface area contributed by atoms with Crippen LogP contribution in [0.5, 0.6) is 0 Å². The normalized spacial score (nSPS) is 11.2. The van der Waals surface area contributed by atoms with E-state index in [0.29, 0.717) is 6.54 Å². The summed E-state index contributed by atoms with van der Waals surface area (Å²) in [4.78, 5) is 11.7. The minimum absolute atomic E-state index is 0.223. The van der Waals surface area contributed by atoms with Crippen LogP contribution >= 0.6 is 11.3 Å². The third-order valence-corrected chi connectivity index (χ3v) is 3.66. The third kappa shape index (κ3) is 4.08. The summed E-state index contributed by atoms with van der Waals surface area (Å²) in [5.74, 6) is 0. The molecule has 0 radical (unpaired) electrons. The molecule has 0 saturated carbocycles. The topological polar surface area (TPSA) is 61.4 Å². The molecular weight excluding hydrogens is 272 g/mol. The standard InChI is InChI=1S/C15H18N2O2S/c1-15(2,19)12-7-5-11(6-8-12)10-16-14(18)17-13-4-3-9-20-13/h3-9,19H,10H2,1-2H3,(H2,16,17,18). The van der Waals surface area contributed by atoms with Crippen LogP contribution in [0.3, 0.4) is 0 Å². The van der Waals surface area contributed by atoms with E-state index in [9.17, 15) is 9.90 Å². The van der Waals surface area contributed by atoms with Gasteiger partial charge in [0.15, 0.2) is 0 Å². The van der Waals surface area contributed by atoms with Gasteiger partial charge in [-0.1, -0.05) is 24.3 Å². The minimum atomic E-state index is -0.845. The Labute approximate surface area is 122 Å². The molecule has 0 aliphatic heterocycles. The molecule has 0 fully saturated rings. The van der Waals surface area contributed by atoms with Gasteiger partial charge >= 0.3 is 6.03 Å². The molecule has 2 aromatic rings. The number of urea groups is 1. The van der Waals surface area contributed by atoms with Crippen LogP contribution in [-0.2, 0) is 12.1 Å². The summed E-state index contributed by atoms with van der Waals surface area (Å²) < 4.78 is 0. The lowest BCUT2D eigenvalue weighted by molar-refractivity contribution is 0.0786. The lowest BCUT2D eigenvalue weighted by Crippen LogP contribution is -2.27. The molecule has 2 amide bonds. The molecule has 0 bridgehead atoms. The second-order valence-electron chi connectivity index (χ2n) is 5.04. The maximum absolute atomic E-state index is 11.7. The summed E-state index contributed by atoms with van der Waals surface area (Å²) in [5, 5.41) is 18.1. The molecule has 0 saturated heterocycles. The molecule has 1 heterocycles. The van der Waals surface area contributed by atoms with Crippen LogP contribution in [0.1, 0.15) is 25.0 Å². The maximum atomic E-state index is 11.7. The highest BCUT2D eigenvalue weighted by molar-refractivity contribution is 7.14. The van der Waals surface area contributed by atoms with E-state index in [4.69, 9.17) is 0 Å². The van der Waals surface area contributed by atoms with Crippen molar-refractivity contribution in [2.75, 3.05) is 5.32 Å². The molecule has 1 aromatic heterocycles. The number of hydrogen-bond donors (Lipinski definition) is 3. The van der Waals surface area contributed by atoms with Crippen LogP contribution in [0.25, 0.3) is 0 Å². The second kappa shape index (κ2) is 6.07. The van der Waals surface area contributed by atoms with Crippen LogP contribution < -0.4 is 10.6 Å². The van der Waals surface area contributed by atoms with Gasteiger partial charge in [-0.05, 0) is 42.5 Å². The number of anilines is 1. The molecule has 0 aliphatic carbocycles. The molecular formula is C15H18N2O2S. The molecule has 106 valence electrons. The zero-order valence-corrected chi connectivity index (χ0v) is 12.3. The SMILES string of the molecule is CC(C)(O)c1ccc(CNC(=O)Nc2cccs2)cc1. The number of amides is 2. The van der Waals surface area contributed by atoms with E-state index >= 15 is 0 Å². The van der Waals surface area contributed by atoms with Gasteiger partial charge in [-0.25, -0.2) is 4.79 Å². The van der Waals surface area contributed by atoms with Crippen molar-refractivity contribution in [2.24, 2.45) is 0 Å². The zero-order chi connectivity index (χ0) is 14.6. The highest BCUT2D eigenvalue weighted by atomic mass is 32.1. The van der Waals surface area contributed by atoms with Crippen molar-refractivity contribution in [2.45, 2.75) is 26.0 Å². The summed E-state index contributed by atoms with van der Waals surface area (Å²) in [7, 11) is 0. The van der Waals surface area contributed by atoms with Gasteiger partial charge in [0.25, 0.3) is 0 Å². The number of aliphatic hydroxyl groups is 1. The molecule has 0 aliphatic rings. The van der Waals surface area contributed by atoms with E-state index < -0.39 is 5.60 Å². The fourth-order valence-electron chi connectivity index (χ4n) is 1.72.